The Morgan fingerprint density at radius 1 is 1.24 bits per heavy atom. The fourth-order valence-corrected chi connectivity index (χ4v) is 5.24. The van der Waals surface area contributed by atoms with Gasteiger partial charge in [0.2, 0.25) is 0 Å². The summed E-state index contributed by atoms with van der Waals surface area (Å²) in [5.41, 5.74) is 7.23. The van der Waals surface area contributed by atoms with Crippen LogP contribution in [-0.2, 0) is 11.2 Å². The van der Waals surface area contributed by atoms with Gasteiger partial charge in [-0.05, 0) is 44.9 Å². The van der Waals surface area contributed by atoms with Crippen LogP contribution >= 0.6 is 11.3 Å². The highest BCUT2D eigenvalue weighted by molar-refractivity contribution is 7.11. The molecule has 3 rings (SSSR count). The van der Waals surface area contributed by atoms with Gasteiger partial charge < -0.3 is 10.5 Å². The molecule has 0 radical (unpaired) electrons. The van der Waals surface area contributed by atoms with Crippen LogP contribution in [0, 0.1) is 5.92 Å². The van der Waals surface area contributed by atoms with E-state index in [-0.39, 0.29) is 6.10 Å². The standard InChI is InChI=1S/C17H28N2OS/c1-2-20-16(12-7-4-3-5-8-12)17-19-15-13(11-18)9-6-10-14(15)21-17/h12-13,16H,2-11,18H2,1H3. The number of nitrogens with zero attached hydrogens (tertiary/aromatic N) is 1. The molecule has 2 N–H and O–H groups in total. The molecule has 0 amide bonds. The molecular formula is C17H28N2OS. The van der Waals surface area contributed by atoms with Gasteiger partial charge in [0.25, 0.3) is 0 Å². The second-order valence-electron chi connectivity index (χ2n) is 6.46. The Labute approximate surface area is 132 Å². The zero-order valence-electron chi connectivity index (χ0n) is 13.1. The van der Waals surface area contributed by atoms with Gasteiger partial charge in [0.1, 0.15) is 11.1 Å². The number of rotatable bonds is 5. The molecule has 2 atom stereocenters. The summed E-state index contributed by atoms with van der Waals surface area (Å²) in [4.78, 5) is 6.49. The second kappa shape index (κ2) is 7.21. The molecule has 2 aliphatic rings. The lowest BCUT2D eigenvalue weighted by atomic mass is 9.85. The minimum Gasteiger partial charge on any atom is -0.371 e. The SMILES string of the molecule is CCOC(c1nc2c(s1)CCCC2CN)C1CCCCC1. The molecule has 1 saturated carbocycles. The molecule has 2 aliphatic carbocycles. The quantitative estimate of drug-likeness (QED) is 0.887. The van der Waals surface area contributed by atoms with Gasteiger partial charge in [0.15, 0.2) is 0 Å². The lowest BCUT2D eigenvalue weighted by molar-refractivity contribution is 0.00540. The topological polar surface area (TPSA) is 48.1 Å². The van der Waals surface area contributed by atoms with E-state index in [2.05, 4.69) is 6.92 Å². The minimum absolute atomic E-state index is 0.226. The van der Waals surface area contributed by atoms with E-state index in [0.29, 0.717) is 11.8 Å². The van der Waals surface area contributed by atoms with Gasteiger partial charge in [0, 0.05) is 23.9 Å². The Bertz CT molecular complexity index is 454. The summed E-state index contributed by atoms with van der Waals surface area (Å²) >= 11 is 1.90. The predicted molar refractivity (Wildman–Crippen MR) is 87.8 cm³/mol. The first-order chi connectivity index (χ1) is 10.3. The van der Waals surface area contributed by atoms with Gasteiger partial charge in [-0.25, -0.2) is 4.98 Å². The van der Waals surface area contributed by atoms with E-state index >= 15 is 0 Å². The highest BCUT2D eigenvalue weighted by Gasteiger charge is 2.31. The Morgan fingerprint density at radius 3 is 2.76 bits per heavy atom. The van der Waals surface area contributed by atoms with Crippen molar-refractivity contribution < 1.29 is 4.74 Å². The van der Waals surface area contributed by atoms with Crippen molar-refractivity contribution in [1.29, 1.82) is 0 Å². The van der Waals surface area contributed by atoms with E-state index in [1.54, 1.807) is 0 Å². The number of nitrogens with two attached hydrogens (primary N) is 1. The van der Waals surface area contributed by atoms with E-state index in [0.717, 1.165) is 13.2 Å². The van der Waals surface area contributed by atoms with Crippen molar-refractivity contribution in [2.75, 3.05) is 13.2 Å². The van der Waals surface area contributed by atoms with Crippen molar-refractivity contribution in [1.82, 2.24) is 4.98 Å². The van der Waals surface area contributed by atoms with Crippen LogP contribution in [0.3, 0.4) is 0 Å². The molecule has 4 heteroatoms. The Kier molecular flexibility index (Phi) is 5.30. The van der Waals surface area contributed by atoms with Gasteiger partial charge >= 0.3 is 0 Å². The number of thiazole rings is 1. The molecular weight excluding hydrogens is 280 g/mol. The van der Waals surface area contributed by atoms with Gasteiger partial charge in [-0.2, -0.15) is 0 Å². The summed E-state index contributed by atoms with van der Waals surface area (Å²) in [5.74, 6) is 1.15. The van der Waals surface area contributed by atoms with Crippen LogP contribution in [-0.4, -0.2) is 18.1 Å². The number of ether oxygens (including phenoxy) is 1. The van der Waals surface area contributed by atoms with E-state index in [1.165, 1.54) is 66.9 Å². The van der Waals surface area contributed by atoms with Crippen molar-refractivity contribution in [3.05, 3.63) is 15.6 Å². The van der Waals surface area contributed by atoms with Crippen molar-refractivity contribution in [3.8, 4) is 0 Å². The van der Waals surface area contributed by atoms with Crippen LogP contribution in [0.1, 0.15) is 79.5 Å². The Balaban J connectivity index is 1.83. The molecule has 1 fully saturated rings. The van der Waals surface area contributed by atoms with Crippen molar-refractivity contribution in [3.63, 3.8) is 0 Å². The molecule has 1 aromatic rings. The van der Waals surface area contributed by atoms with Gasteiger partial charge in [-0.1, -0.05) is 19.3 Å². The van der Waals surface area contributed by atoms with E-state index in [9.17, 15) is 0 Å². The first kappa shape index (κ1) is 15.4. The number of aryl methyl sites for hydroxylation is 1. The number of fused-ring (bicyclic) bond motifs is 1. The Hall–Kier alpha value is -0.450. The summed E-state index contributed by atoms with van der Waals surface area (Å²) in [7, 11) is 0. The van der Waals surface area contributed by atoms with Gasteiger partial charge in [0.05, 0.1) is 5.69 Å². The molecule has 1 aromatic heterocycles. The van der Waals surface area contributed by atoms with Crippen molar-refractivity contribution in [2.24, 2.45) is 11.7 Å². The van der Waals surface area contributed by atoms with Crippen LogP contribution in [0.2, 0.25) is 0 Å². The second-order valence-corrected chi connectivity index (χ2v) is 7.57. The maximum atomic E-state index is 6.13. The van der Waals surface area contributed by atoms with E-state index < -0.39 is 0 Å². The molecule has 118 valence electrons. The van der Waals surface area contributed by atoms with Crippen molar-refractivity contribution >= 4 is 11.3 Å². The average molecular weight is 308 g/mol. The van der Waals surface area contributed by atoms with Crippen LogP contribution in [0.4, 0.5) is 0 Å². The largest absolute Gasteiger partial charge is 0.371 e. The smallest absolute Gasteiger partial charge is 0.122 e. The minimum atomic E-state index is 0.226. The molecule has 0 aromatic carbocycles. The summed E-state index contributed by atoms with van der Waals surface area (Å²) in [6.45, 7) is 3.62. The first-order valence-corrected chi connectivity index (χ1v) is 9.46. The maximum Gasteiger partial charge on any atom is 0.122 e. The zero-order chi connectivity index (χ0) is 14.7. The highest BCUT2D eigenvalue weighted by atomic mass is 32.1. The predicted octanol–water partition coefficient (Wildman–Crippen LogP) is 4.18. The fourth-order valence-electron chi connectivity index (χ4n) is 3.90. The highest BCUT2D eigenvalue weighted by Crippen LogP contribution is 2.42. The molecule has 2 unspecified atom stereocenters. The molecule has 0 aliphatic heterocycles. The molecule has 0 saturated heterocycles. The first-order valence-electron chi connectivity index (χ1n) is 8.64. The van der Waals surface area contributed by atoms with Crippen LogP contribution in [0.15, 0.2) is 0 Å². The van der Waals surface area contributed by atoms with Crippen LogP contribution in [0.25, 0.3) is 0 Å². The lowest BCUT2D eigenvalue weighted by Gasteiger charge is -2.28. The summed E-state index contributed by atoms with van der Waals surface area (Å²) in [5, 5.41) is 1.23. The number of hydrogen-bond acceptors (Lipinski definition) is 4. The van der Waals surface area contributed by atoms with E-state index in [1.807, 2.05) is 11.3 Å². The van der Waals surface area contributed by atoms with Crippen LogP contribution in [0.5, 0.6) is 0 Å². The molecule has 0 bridgehead atoms. The molecule has 0 spiro atoms. The van der Waals surface area contributed by atoms with E-state index in [4.69, 9.17) is 15.5 Å². The van der Waals surface area contributed by atoms with Crippen LogP contribution < -0.4 is 5.73 Å². The third-order valence-corrected chi connectivity index (χ3v) is 6.23. The number of hydrogen-bond donors (Lipinski definition) is 1. The fraction of sp³-hybridized carbons (Fsp3) is 0.824. The third kappa shape index (κ3) is 3.33. The van der Waals surface area contributed by atoms with Crippen molar-refractivity contribution in [2.45, 2.75) is 70.3 Å². The summed E-state index contributed by atoms with van der Waals surface area (Å²) < 4.78 is 6.13. The van der Waals surface area contributed by atoms with Gasteiger partial charge in [-0.15, -0.1) is 11.3 Å². The zero-order valence-corrected chi connectivity index (χ0v) is 14.0. The monoisotopic (exact) mass is 308 g/mol. The van der Waals surface area contributed by atoms with Gasteiger partial charge in [-0.3, -0.25) is 0 Å². The molecule has 21 heavy (non-hydrogen) atoms. The molecule has 3 nitrogen and oxygen atoms in total. The Morgan fingerprint density at radius 2 is 2.05 bits per heavy atom. The maximum absolute atomic E-state index is 6.13. The summed E-state index contributed by atoms with van der Waals surface area (Å²) in [6, 6.07) is 0. The third-order valence-electron chi connectivity index (χ3n) is 5.04. The normalized spacial score (nSPS) is 24.8. The number of aromatic nitrogens is 1. The molecule has 1 heterocycles. The lowest BCUT2D eigenvalue weighted by Crippen LogP contribution is -2.20. The average Bonchev–Trinajstić information content (AvgIpc) is 2.97. The summed E-state index contributed by atoms with van der Waals surface area (Å²) in [6.07, 6.45) is 10.6.